The summed E-state index contributed by atoms with van der Waals surface area (Å²) >= 11 is 0. The first-order valence-corrected chi connectivity index (χ1v) is 3.24. The second-order valence-corrected chi connectivity index (χ2v) is 2.14. The molecule has 0 atom stereocenters. The third kappa shape index (κ3) is 3.37. The standard InChI is InChI=1S/C6H13NO2.ClH/c1-8-2-3-9-6-4-7-5-6;/h6-7H,2-5H2,1H3;1H. The summed E-state index contributed by atoms with van der Waals surface area (Å²) in [5, 5.41) is 3.12. The fraction of sp³-hybridized carbons (Fsp3) is 1.00. The van der Waals surface area contributed by atoms with Crippen LogP contribution in [0.25, 0.3) is 0 Å². The Morgan fingerprint density at radius 1 is 1.40 bits per heavy atom. The predicted molar refractivity (Wildman–Crippen MR) is 41.7 cm³/mol. The summed E-state index contributed by atoms with van der Waals surface area (Å²) in [6.45, 7) is 3.44. The van der Waals surface area contributed by atoms with Crippen molar-refractivity contribution in [1.29, 1.82) is 0 Å². The zero-order valence-electron chi connectivity index (χ0n) is 6.13. The summed E-state index contributed by atoms with van der Waals surface area (Å²) in [5.74, 6) is 0. The van der Waals surface area contributed by atoms with Crippen LogP contribution in [0.4, 0.5) is 0 Å². The zero-order valence-corrected chi connectivity index (χ0v) is 6.95. The van der Waals surface area contributed by atoms with Crippen LogP contribution in [0.15, 0.2) is 0 Å². The maximum atomic E-state index is 5.33. The van der Waals surface area contributed by atoms with E-state index in [1.807, 2.05) is 0 Å². The average Bonchev–Trinajstić information content (AvgIpc) is 1.76. The molecule has 10 heavy (non-hydrogen) atoms. The highest BCUT2D eigenvalue weighted by molar-refractivity contribution is 5.85. The average molecular weight is 168 g/mol. The van der Waals surface area contributed by atoms with Crippen LogP contribution in [0.3, 0.4) is 0 Å². The van der Waals surface area contributed by atoms with Crippen molar-refractivity contribution >= 4 is 12.4 Å². The Kier molecular flexibility index (Phi) is 6.02. The summed E-state index contributed by atoms with van der Waals surface area (Å²) in [5.41, 5.74) is 0. The molecule has 0 aromatic heterocycles. The highest BCUT2D eigenvalue weighted by atomic mass is 35.5. The van der Waals surface area contributed by atoms with Gasteiger partial charge in [-0.1, -0.05) is 0 Å². The van der Waals surface area contributed by atoms with Crippen LogP contribution in [0.5, 0.6) is 0 Å². The molecular weight excluding hydrogens is 154 g/mol. The van der Waals surface area contributed by atoms with Gasteiger partial charge in [0, 0.05) is 20.2 Å². The first-order chi connectivity index (χ1) is 4.43. The molecule has 1 heterocycles. The van der Waals surface area contributed by atoms with Gasteiger partial charge >= 0.3 is 0 Å². The minimum Gasteiger partial charge on any atom is -0.382 e. The van der Waals surface area contributed by atoms with E-state index >= 15 is 0 Å². The van der Waals surface area contributed by atoms with Gasteiger partial charge in [-0.2, -0.15) is 0 Å². The van der Waals surface area contributed by atoms with E-state index in [-0.39, 0.29) is 12.4 Å². The van der Waals surface area contributed by atoms with E-state index in [4.69, 9.17) is 9.47 Å². The Balaban J connectivity index is 0.000000810. The van der Waals surface area contributed by atoms with Crippen LogP contribution in [0, 0.1) is 0 Å². The van der Waals surface area contributed by atoms with Gasteiger partial charge < -0.3 is 14.8 Å². The second-order valence-electron chi connectivity index (χ2n) is 2.14. The van der Waals surface area contributed by atoms with Gasteiger partial charge in [-0.05, 0) is 0 Å². The fourth-order valence-corrected chi connectivity index (χ4v) is 0.678. The van der Waals surface area contributed by atoms with Gasteiger partial charge in [0.2, 0.25) is 0 Å². The molecule has 1 aliphatic rings. The van der Waals surface area contributed by atoms with Gasteiger partial charge in [0.25, 0.3) is 0 Å². The van der Waals surface area contributed by atoms with E-state index in [0.29, 0.717) is 12.7 Å². The Bertz CT molecular complexity index is 78.1. The maximum absolute atomic E-state index is 5.33. The Morgan fingerprint density at radius 3 is 2.50 bits per heavy atom. The third-order valence-corrected chi connectivity index (χ3v) is 1.39. The normalized spacial score (nSPS) is 17.7. The summed E-state index contributed by atoms with van der Waals surface area (Å²) in [6, 6.07) is 0. The van der Waals surface area contributed by atoms with Crippen molar-refractivity contribution in [2.45, 2.75) is 6.10 Å². The molecule has 4 heteroatoms. The lowest BCUT2D eigenvalue weighted by molar-refractivity contribution is -0.00753. The lowest BCUT2D eigenvalue weighted by Crippen LogP contribution is -2.48. The first kappa shape index (κ1) is 10.2. The molecule has 3 nitrogen and oxygen atoms in total. The van der Waals surface area contributed by atoms with Crippen LogP contribution in [-0.2, 0) is 9.47 Å². The number of hydrogen-bond acceptors (Lipinski definition) is 3. The van der Waals surface area contributed by atoms with E-state index < -0.39 is 0 Å². The summed E-state index contributed by atoms with van der Waals surface area (Å²) in [7, 11) is 1.68. The van der Waals surface area contributed by atoms with E-state index in [9.17, 15) is 0 Å². The zero-order chi connectivity index (χ0) is 6.53. The minimum atomic E-state index is 0. The molecule has 1 saturated heterocycles. The van der Waals surface area contributed by atoms with Crippen molar-refractivity contribution in [3.05, 3.63) is 0 Å². The molecule has 0 aliphatic carbocycles. The Labute approximate surface area is 67.5 Å². The molecule has 1 aliphatic heterocycles. The van der Waals surface area contributed by atoms with Crippen molar-refractivity contribution in [3.63, 3.8) is 0 Å². The van der Waals surface area contributed by atoms with Crippen LogP contribution in [0.2, 0.25) is 0 Å². The van der Waals surface area contributed by atoms with E-state index in [1.165, 1.54) is 0 Å². The van der Waals surface area contributed by atoms with Gasteiger partial charge in [0.1, 0.15) is 0 Å². The molecule has 0 bridgehead atoms. The van der Waals surface area contributed by atoms with Gasteiger partial charge in [-0.3, -0.25) is 0 Å². The van der Waals surface area contributed by atoms with Crippen LogP contribution in [-0.4, -0.2) is 39.5 Å². The van der Waals surface area contributed by atoms with E-state index in [1.54, 1.807) is 7.11 Å². The van der Waals surface area contributed by atoms with Crippen molar-refractivity contribution in [2.75, 3.05) is 33.4 Å². The molecule has 0 spiro atoms. The molecule has 0 saturated carbocycles. The molecule has 0 aromatic rings. The predicted octanol–water partition coefficient (Wildman–Crippen LogP) is 0.0430. The largest absolute Gasteiger partial charge is 0.382 e. The lowest BCUT2D eigenvalue weighted by Gasteiger charge is -2.26. The molecular formula is C6H14ClNO2. The third-order valence-electron chi connectivity index (χ3n) is 1.39. The second kappa shape index (κ2) is 5.92. The summed E-state index contributed by atoms with van der Waals surface area (Å²) in [6.07, 6.45) is 0.445. The molecule has 62 valence electrons. The number of methoxy groups -OCH3 is 1. The quantitative estimate of drug-likeness (QED) is 0.600. The molecule has 1 fully saturated rings. The number of nitrogens with one attached hydrogen (secondary N) is 1. The van der Waals surface area contributed by atoms with Crippen LogP contribution in [0.1, 0.15) is 0 Å². The smallest absolute Gasteiger partial charge is 0.0824 e. The van der Waals surface area contributed by atoms with Crippen LogP contribution < -0.4 is 5.32 Å². The molecule has 1 N–H and O–H groups in total. The van der Waals surface area contributed by atoms with Gasteiger partial charge in [-0.15, -0.1) is 12.4 Å². The van der Waals surface area contributed by atoms with Crippen molar-refractivity contribution in [3.8, 4) is 0 Å². The Morgan fingerprint density at radius 2 is 2.10 bits per heavy atom. The monoisotopic (exact) mass is 167 g/mol. The SMILES string of the molecule is COCCOC1CNC1.Cl. The number of rotatable bonds is 4. The highest BCUT2D eigenvalue weighted by Crippen LogP contribution is 1.96. The van der Waals surface area contributed by atoms with Crippen molar-refractivity contribution < 1.29 is 9.47 Å². The van der Waals surface area contributed by atoms with Gasteiger partial charge in [-0.25, -0.2) is 0 Å². The van der Waals surface area contributed by atoms with Crippen molar-refractivity contribution in [1.82, 2.24) is 5.32 Å². The minimum absolute atomic E-state index is 0. The summed E-state index contributed by atoms with van der Waals surface area (Å²) < 4.78 is 10.1. The fourth-order valence-electron chi connectivity index (χ4n) is 0.678. The summed E-state index contributed by atoms with van der Waals surface area (Å²) in [4.78, 5) is 0. The van der Waals surface area contributed by atoms with E-state index in [2.05, 4.69) is 5.32 Å². The van der Waals surface area contributed by atoms with Gasteiger partial charge in [0.05, 0.1) is 19.3 Å². The molecule has 0 unspecified atom stereocenters. The lowest BCUT2D eigenvalue weighted by atomic mass is 10.2. The maximum Gasteiger partial charge on any atom is 0.0824 e. The number of ether oxygens (including phenoxy) is 2. The molecule has 1 rings (SSSR count). The highest BCUT2D eigenvalue weighted by Gasteiger charge is 2.15. The Hall–Kier alpha value is 0.170. The van der Waals surface area contributed by atoms with Gasteiger partial charge in [0.15, 0.2) is 0 Å². The van der Waals surface area contributed by atoms with Crippen molar-refractivity contribution in [2.24, 2.45) is 0 Å². The first-order valence-electron chi connectivity index (χ1n) is 3.24. The molecule has 0 amide bonds. The number of hydrogen-bond donors (Lipinski definition) is 1. The molecule has 0 radical (unpaired) electrons. The van der Waals surface area contributed by atoms with E-state index in [0.717, 1.165) is 19.7 Å². The molecule has 0 aromatic carbocycles. The number of halogens is 1. The topological polar surface area (TPSA) is 30.5 Å². The van der Waals surface area contributed by atoms with Crippen LogP contribution >= 0.6 is 12.4 Å².